The summed E-state index contributed by atoms with van der Waals surface area (Å²) in [6.07, 6.45) is 12.3. The first-order chi connectivity index (χ1) is 13.9. The molecule has 0 unspecified atom stereocenters. The number of benzene rings is 3. The Kier molecular flexibility index (Phi) is 8.07. The fraction of sp³-hybridized carbons (Fsp3) is 0.259. The minimum atomic E-state index is -2.05. The van der Waals surface area contributed by atoms with Gasteiger partial charge in [-0.25, -0.2) is 0 Å². The van der Waals surface area contributed by atoms with Gasteiger partial charge in [0.25, 0.3) is 0 Å². The zero-order valence-electron chi connectivity index (χ0n) is 17.1. The minimum absolute atomic E-state index is 1.14. The summed E-state index contributed by atoms with van der Waals surface area (Å²) in [5.74, 6) is 0. The molecule has 0 saturated heterocycles. The van der Waals surface area contributed by atoms with E-state index in [0.717, 1.165) is 6.42 Å². The van der Waals surface area contributed by atoms with E-state index in [0.29, 0.717) is 0 Å². The molecule has 1 heteroatoms. The van der Waals surface area contributed by atoms with E-state index in [1.807, 2.05) is 0 Å². The van der Waals surface area contributed by atoms with Crippen LogP contribution in [0.2, 0.25) is 0 Å². The summed E-state index contributed by atoms with van der Waals surface area (Å²) in [5, 5.41) is 4.52. The molecule has 0 aliphatic heterocycles. The first kappa shape index (κ1) is 20.6. The fourth-order valence-electron chi connectivity index (χ4n) is 4.15. The van der Waals surface area contributed by atoms with Gasteiger partial charge in [-0.05, 0) is 0 Å². The molecule has 0 radical (unpaired) electrons. The predicted molar refractivity (Wildman–Crippen MR) is 129 cm³/mol. The standard InChI is InChI=1S/C27H33P/c1-2-3-4-5-6-7-17-24-28(25-18-11-8-12-19-25,26-20-13-9-14-21-26)27-22-15-10-16-23-27/h6-16,18-23,28H,2-5,17,24H2,1H3/b7-6-. The third-order valence-corrected chi connectivity index (χ3v) is 10.6. The van der Waals surface area contributed by atoms with Crippen LogP contribution >= 0.6 is 7.26 Å². The Morgan fingerprint density at radius 2 is 1.00 bits per heavy atom. The molecule has 28 heavy (non-hydrogen) atoms. The summed E-state index contributed by atoms with van der Waals surface area (Å²) < 4.78 is 0. The summed E-state index contributed by atoms with van der Waals surface area (Å²) in [5.41, 5.74) is 0. The van der Waals surface area contributed by atoms with E-state index in [1.54, 1.807) is 0 Å². The van der Waals surface area contributed by atoms with Crippen LogP contribution in [0.3, 0.4) is 0 Å². The van der Waals surface area contributed by atoms with Gasteiger partial charge in [0, 0.05) is 0 Å². The number of allylic oxidation sites excluding steroid dienone is 2. The van der Waals surface area contributed by atoms with Crippen molar-refractivity contribution < 1.29 is 0 Å². The third kappa shape index (κ3) is 5.00. The second-order valence-electron chi connectivity index (χ2n) is 7.51. The van der Waals surface area contributed by atoms with Gasteiger partial charge >= 0.3 is 172 Å². The van der Waals surface area contributed by atoms with Crippen molar-refractivity contribution in [1.29, 1.82) is 0 Å². The van der Waals surface area contributed by atoms with Crippen LogP contribution in [-0.2, 0) is 0 Å². The Labute approximate surface area is 171 Å². The molecule has 3 aromatic rings. The van der Waals surface area contributed by atoms with Crippen molar-refractivity contribution in [3.8, 4) is 0 Å². The molecule has 0 saturated carbocycles. The third-order valence-electron chi connectivity index (χ3n) is 5.63. The van der Waals surface area contributed by atoms with E-state index in [2.05, 4.69) is 110 Å². The molecule has 0 aromatic heterocycles. The molecule has 146 valence electrons. The van der Waals surface area contributed by atoms with E-state index >= 15 is 0 Å². The van der Waals surface area contributed by atoms with Gasteiger partial charge < -0.3 is 0 Å². The fourth-order valence-corrected chi connectivity index (χ4v) is 8.90. The molecule has 0 heterocycles. The van der Waals surface area contributed by atoms with Gasteiger partial charge in [0.15, 0.2) is 0 Å². The van der Waals surface area contributed by atoms with Crippen LogP contribution < -0.4 is 15.9 Å². The van der Waals surface area contributed by atoms with Crippen LogP contribution in [0.4, 0.5) is 0 Å². The molecule has 3 aromatic carbocycles. The van der Waals surface area contributed by atoms with E-state index in [-0.39, 0.29) is 0 Å². The maximum atomic E-state index is 2.42. The van der Waals surface area contributed by atoms with Crippen LogP contribution in [0.1, 0.15) is 39.0 Å². The van der Waals surface area contributed by atoms with Gasteiger partial charge in [-0.1, -0.05) is 0 Å². The zero-order chi connectivity index (χ0) is 19.5. The van der Waals surface area contributed by atoms with Crippen molar-refractivity contribution >= 4 is 23.2 Å². The molecule has 3 rings (SSSR count). The van der Waals surface area contributed by atoms with Crippen molar-refractivity contribution in [3.05, 3.63) is 103 Å². The van der Waals surface area contributed by atoms with Gasteiger partial charge in [0.05, 0.1) is 0 Å². The van der Waals surface area contributed by atoms with Gasteiger partial charge in [-0.15, -0.1) is 0 Å². The van der Waals surface area contributed by atoms with Crippen molar-refractivity contribution in [2.75, 3.05) is 6.16 Å². The van der Waals surface area contributed by atoms with Crippen molar-refractivity contribution in [1.82, 2.24) is 0 Å². The SMILES string of the molecule is CCCCC/C=C\CC[PH](c1ccccc1)(c1ccccc1)c1ccccc1. The van der Waals surface area contributed by atoms with Crippen molar-refractivity contribution in [3.63, 3.8) is 0 Å². The van der Waals surface area contributed by atoms with Crippen LogP contribution in [0, 0.1) is 0 Å². The summed E-state index contributed by atoms with van der Waals surface area (Å²) in [4.78, 5) is 0. The van der Waals surface area contributed by atoms with Crippen LogP contribution in [0.5, 0.6) is 0 Å². The molecule has 0 atom stereocenters. The molecule has 0 N–H and O–H groups in total. The first-order valence-corrected chi connectivity index (χ1v) is 12.9. The monoisotopic (exact) mass is 388 g/mol. The van der Waals surface area contributed by atoms with E-state index in [4.69, 9.17) is 0 Å². The van der Waals surface area contributed by atoms with Gasteiger partial charge in [-0.3, -0.25) is 0 Å². The average molecular weight is 389 g/mol. The van der Waals surface area contributed by atoms with E-state index in [1.165, 1.54) is 47.8 Å². The van der Waals surface area contributed by atoms with E-state index < -0.39 is 7.26 Å². The second kappa shape index (κ2) is 11.0. The zero-order valence-corrected chi connectivity index (χ0v) is 18.1. The summed E-state index contributed by atoms with van der Waals surface area (Å²) in [6, 6.07) is 33.6. The predicted octanol–water partition coefficient (Wildman–Crippen LogP) is 6.24. The first-order valence-electron chi connectivity index (χ1n) is 10.7. The topological polar surface area (TPSA) is 0 Å². The molecular weight excluding hydrogens is 355 g/mol. The van der Waals surface area contributed by atoms with Gasteiger partial charge in [-0.2, -0.15) is 0 Å². The molecule has 0 aliphatic carbocycles. The van der Waals surface area contributed by atoms with Gasteiger partial charge in [0.2, 0.25) is 0 Å². The Morgan fingerprint density at radius 3 is 1.43 bits per heavy atom. The molecule has 0 spiro atoms. The summed E-state index contributed by atoms with van der Waals surface area (Å²) in [7, 11) is -2.05. The normalized spacial score (nSPS) is 12.3. The molecule has 0 amide bonds. The number of hydrogen-bond acceptors (Lipinski definition) is 0. The Bertz CT molecular complexity index is 725. The molecule has 0 aliphatic rings. The molecular formula is C27H33P. The summed E-state index contributed by atoms with van der Waals surface area (Å²) in [6.45, 7) is 2.27. The van der Waals surface area contributed by atoms with Crippen molar-refractivity contribution in [2.24, 2.45) is 0 Å². The maximum absolute atomic E-state index is 2.42. The Hall–Kier alpha value is -2.17. The quantitative estimate of drug-likeness (QED) is 0.219. The van der Waals surface area contributed by atoms with Crippen molar-refractivity contribution in [2.45, 2.75) is 39.0 Å². The molecule has 0 nitrogen and oxygen atoms in total. The van der Waals surface area contributed by atoms with Gasteiger partial charge in [0.1, 0.15) is 0 Å². The van der Waals surface area contributed by atoms with Crippen LogP contribution in [-0.4, -0.2) is 6.16 Å². The number of hydrogen-bond donors (Lipinski definition) is 0. The number of rotatable bonds is 10. The Balaban J connectivity index is 1.97. The second-order valence-corrected chi connectivity index (χ2v) is 11.6. The average Bonchev–Trinajstić information content (AvgIpc) is 2.78. The van der Waals surface area contributed by atoms with Crippen LogP contribution in [0.25, 0.3) is 0 Å². The summed E-state index contributed by atoms with van der Waals surface area (Å²) >= 11 is 0. The molecule has 0 fully saturated rings. The molecule has 0 bridgehead atoms. The Morgan fingerprint density at radius 1 is 0.571 bits per heavy atom. The van der Waals surface area contributed by atoms with E-state index in [9.17, 15) is 0 Å². The number of unbranched alkanes of at least 4 members (excludes halogenated alkanes) is 3. The van der Waals surface area contributed by atoms with Crippen LogP contribution in [0.15, 0.2) is 103 Å².